The molecule has 1 N–H and O–H groups in total. The van der Waals surface area contributed by atoms with Gasteiger partial charge in [-0.15, -0.1) is 12.4 Å². The SMILES string of the molecule is CNCC1CCN(S(=O)(=O)c2ccc3c(c2)N(C(C)=O)CCC3)CC1.Cl. The summed E-state index contributed by atoms with van der Waals surface area (Å²) in [6.07, 6.45) is 3.56. The van der Waals surface area contributed by atoms with E-state index in [2.05, 4.69) is 5.32 Å². The molecule has 2 aliphatic rings. The smallest absolute Gasteiger partial charge is 0.243 e. The summed E-state index contributed by atoms with van der Waals surface area (Å²) in [5.74, 6) is 0.497. The molecule has 1 aromatic carbocycles. The minimum absolute atomic E-state index is 0. The van der Waals surface area contributed by atoms with Crippen LogP contribution in [0.3, 0.4) is 0 Å². The first-order valence-electron chi connectivity index (χ1n) is 8.99. The zero-order valence-corrected chi connectivity index (χ0v) is 17.0. The number of anilines is 1. The van der Waals surface area contributed by atoms with Crippen LogP contribution in [0, 0.1) is 5.92 Å². The van der Waals surface area contributed by atoms with Crippen molar-refractivity contribution in [2.45, 2.75) is 37.5 Å². The zero-order chi connectivity index (χ0) is 18.0. The Morgan fingerprint density at radius 2 is 1.92 bits per heavy atom. The predicted octanol–water partition coefficient (Wildman–Crippen LogP) is 2.03. The molecule has 0 aliphatic carbocycles. The van der Waals surface area contributed by atoms with Gasteiger partial charge in [0, 0.05) is 32.2 Å². The summed E-state index contributed by atoms with van der Waals surface area (Å²) in [4.78, 5) is 13.9. The molecule has 0 aromatic heterocycles. The summed E-state index contributed by atoms with van der Waals surface area (Å²) in [6.45, 7) is 4.23. The molecule has 26 heavy (non-hydrogen) atoms. The van der Waals surface area contributed by atoms with Gasteiger partial charge >= 0.3 is 0 Å². The second-order valence-corrected chi connectivity index (χ2v) is 8.91. The number of sulfonamides is 1. The van der Waals surface area contributed by atoms with Crippen molar-refractivity contribution in [3.63, 3.8) is 0 Å². The Labute approximate surface area is 162 Å². The molecule has 1 saturated heterocycles. The Morgan fingerprint density at radius 3 is 2.54 bits per heavy atom. The van der Waals surface area contributed by atoms with Crippen LogP contribution in [0.15, 0.2) is 23.1 Å². The first kappa shape index (κ1) is 21.2. The van der Waals surface area contributed by atoms with E-state index in [1.54, 1.807) is 21.3 Å². The van der Waals surface area contributed by atoms with Gasteiger partial charge in [0.1, 0.15) is 0 Å². The molecule has 0 spiro atoms. The number of benzene rings is 1. The Hall–Kier alpha value is -1.15. The highest BCUT2D eigenvalue weighted by atomic mass is 35.5. The molecular weight excluding hydrogens is 374 g/mol. The zero-order valence-electron chi connectivity index (χ0n) is 15.4. The van der Waals surface area contributed by atoms with Crippen molar-refractivity contribution in [2.24, 2.45) is 5.92 Å². The van der Waals surface area contributed by atoms with Crippen molar-refractivity contribution >= 4 is 34.0 Å². The van der Waals surface area contributed by atoms with Gasteiger partial charge in [-0.3, -0.25) is 4.79 Å². The van der Waals surface area contributed by atoms with Gasteiger partial charge in [0.2, 0.25) is 15.9 Å². The van der Waals surface area contributed by atoms with Crippen LogP contribution in [0.5, 0.6) is 0 Å². The lowest BCUT2D eigenvalue weighted by molar-refractivity contribution is -0.116. The van der Waals surface area contributed by atoms with Crippen molar-refractivity contribution < 1.29 is 13.2 Å². The predicted molar refractivity (Wildman–Crippen MR) is 105 cm³/mol. The van der Waals surface area contributed by atoms with Crippen LogP contribution >= 0.6 is 12.4 Å². The van der Waals surface area contributed by atoms with Gasteiger partial charge in [0.25, 0.3) is 0 Å². The lowest BCUT2D eigenvalue weighted by Crippen LogP contribution is -2.40. The fraction of sp³-hybridized carbons (Fsp3) is 0.611. The number of nitrogens with zero attached hydrogens (tertiary/aromatic N) is 2. The summed E-state index contributed by atoms with van der Waals surface area (Å²) in [5, 5.41) is 3.17. The molecule has 8 heteroatoms. The maximum Gasteiger partial charge on any atom is 0.243 e. The molecule has 0 atom stereocenters. The highest BCUT2D eigenvalue weighted by Crippen LogP contribution is 2.32. The van der Waals surface area contributed by atoms with Gasteiger partial charge in [0.05, 0.1) is 4.90 Å². The van der Waals surface area contributed by atoms with E-state index >= 15 is 0 Å². The largest absolute Gasteiger partial charge is 0.319 e. The van der Waals surface area contributed by atoms with Crippen LogP contribution in [0.2, 0.25) is 0 Å². The van der Waals surface area contributed by atoms with E-state index in [9.17, 15) is 13.2 Å². The highest BCUT2D eigenvalue weighted by molar-refractivity contribution is 7.89. The normalized spacial score (nSPS) is 18.9. The fourth-order valence-electron chi connectivity index (χ4n) is 3.83. The number of carbonyl (C=O) groups excluding carboxylic acids is 1. The molecule has 1 amide bonds. The quantitative estimate of drug-likeness (QED) is 0.838. The van der Waals surface area contributed by atoms with Gasteiger partial charge in [-0.25, -0.2) is 8.42 Å². The van der Waals surface area contributed by atoms with E-state index in [0.717, 1.165) is 43.5 Å². The molecule has 2 aliphatic heterocycles. The van der Waals surface area contributed by atoms with E-state index in [1.165, 1.54) is 6.92 Å². The number of aryl methyl sites for hydroxylation is 1. The Morgan fingerprint density at radius 1 is 1.23 bits per heavy atom. The monoisotopic (exact) mass is 401 g/mol. The van der Waals surface area contributed by atoms with Crippen molar-refractivity contribution in [1.82, 2.24) is 9.62 Å². The first-order chi connectivity index (χ1) is 11.9. The lowest BCUT2D eigenvalue weighted by Gasteiger charge is -2.32. The fourth-order valence-corrected chi connectivity index (χ4v) is 5.32. The summed E-state index contributed by atoms with van der Waals surface area (Å²) >= 11 is 0. The highest BCUT2D eigenvalue weighted by Gasteiger charge is 2.30. The van der Waals surface area contributed by atoms with Crippen molar-refractivity contribution in [1.29, 1.82) is 0 Å². The number of amides is 1. The number of hydrogen-bond acceptors (Lipinski definition) is 4. The van der Waals surface area contributed by atoms with E-state index in [4.69, 9.17) is 0 Å². The minimum atomic E-state index is -3.51. The maximum absolute atomic E-state index is 13.0. The van der Waals surface area contributed by atoms with Crippen LogP contribution in [0.4, 0.5) is 5.69 Å². The molecule has 0 bridgehead atoms. The third-order valence-corrected chi connectivity index (χ3v) is 7.15. The minimum Gasteiger partial charge on any atom is -0.319 e. The van der Waals surface area contributed by atoms with Crippen molar-refractivity contribution in [3.05, 3.63) is 23.8 Å². The third kappa shape index (κ3) is 4.22. The molecule has 1 aromatic rings. The summed E-state index contributed by atoms with van der Waals surface area (Å²) < 4.78 is 27.6. The van der Waals surface area contributed by atoms with E-state index in [0.29, 0.717) is 30.4 Å². The molecule has 146 valence electrons. The molecule has 2 heterocycles. The Balaban J connectivity index is 0.00000243. The van der Waals surface area contributed by atoms with E-state index in [-0.39, 0.29) is 18.3 Å². The van der Waals surface area contributed by atoms with Crippen LogP contribution in [-0.2, 0) is 21.2 Å². The van der Waals surface area contributed by atoms with E-state index in [1.807, 2.05) is 13.1 Å². The Kier molecular flexibility index (Phi) is 7.07. The van der Waals surface area contributed by atoms with Crippen LogP contribution < -0.4 is 10.2 Å². The Bertz CT molecular complexity index is 746. The summed E-state index contributed by atoms with van der Waals surface area (Å²) in [5.41, 5.74) is 1.80. The molecule has 0 unspecified atom stereocenters. The topological polar surface area (TPSA) is 69.7 Å². The summed E-state index contributed by atoms with van der Waals surface area (Å²) in [6, 6.07) is 5.24. The maximum atomic E-state index is 13.0. The second-order valence-electron chi connectivity index (χ2n) is 6.97. The average Bonchev–Trinajstić information content (AvgIpc) is 2.61. The van der Waals surface area contributed by atoms with E-state index < -0.39 is 10.0 Å². The number of fused-ring (bicyclic) bond motifs is 1. The van der Waals surface area contributed by atoms with Crippen LogP contribution in [-0.4, -0.2) is 51.9 Å². The van der Waals surface area contributed by atoms with Gasteiger partial charge in [-0.05, 0) is 62.9 Å². The van der Waals surface area contributed by atoms with Gasteiger partial charge in [-0.1, -0.05) is 6.07 Å². The van der Waals surface area contributed by atoms with Gasteiger partial charge < -0.3 is 10.2 Å². The number of hydrogen-bond donors (Lipinski definition) is 1. The molecule has 6 nitrogen and oxygen atoms in total. The van der Waals surface area contributed by atoms with Crippen molar-refractivity contribution in [2.75, 3.05) is 38.1 Å². The average molecular weight is 402 g/mol. The van der Waals surface area contributed by atoms with Crippen LogP contribution in [0.1, 0.15) is 31.7 Å². The molecule has 0 saturated carbocycles. The number of nitrogens with one attached hydrogen (secondary N) is 1. The standard InChI is InChI=1S/C18H27N3O3S.ClH/c1-14(22)21-9-3-4-16-5-6-17(12-18(16)21)25(23,24)20-10-7-15(8-11-20)13-19-2;/h5-6,12,15,19H,3-4,7-11,13H2,1-2H3;1H. The third-order valence-electron chi connectivity index (χ3n) is 5.26. The van der Waals surface area contributed by atoms with Crippen LogP contribution in [0.25, 0.3) is 0 Å². The molecule has 1 fully saturated rings. The number of piperidine rings is 1. The summed E-state index contributed by atoms with van der Waals surface area (Å²) in [7, 11) is -1.58. The molecule has 3 rings (SSSR count). The lowest BCUT2D eigenvalue weighted by atomic mass is 9.98. The van der Waals surface area contributed by atoms with Gasteiger partial charge in [-0.2, -0.15) is 4.31 Å². The molecular formula is C18H28ClN3O3S. The number of rotatable bonds is 4. The molecule has 0 radical (unpaired) electrons. The first-order valence-corrected chi connectivity index (χ1v) is 10.4. The van der Waals surface area contributed by atoms with Crippen molar-refractivity contribution in [3.8, 4) is 0 Å². The number of carbonyl (C=O) groups is 1. The second kappa shape index (κ2) is 8.69. The number of halogens is 1. The van der Waals surface area contributed by atoms with Gasteiger partial charge in [0.15, 0.2) is 0 Å².